The lowest BCUT2D eigenvalue weighted by Gasteiger charge is -2.42. The van der Waals surface area contributed by atoms with Gasteiger partial charge in [0.2, 0.25) is 0 Å². The molecule has 0 aromatic heterocycles. The normalized spacial score (nSPS) is 14.6. The first-order chi connectivity index (χ1) is 16.6. The van der Waals surface area contributed by atoms with Crippen LogP contribution in [0.3, 0.4) is 0 Å². The highest BCUT2D eigenvalue weighted by Gasteiger charge is 2.49. The van der Waals surface area contributed by atoms with E-state index in [4.69, 9.17) is 4.43 Å². The van der Waals surface area contributed by atoms with E-state index in [-0.39, 0.29) is 11.0 Å². The molecule has 0 fully saturated rings. The molecule has 2 aromatic rings. The second kappa shape index (κ2) is 13.6. The maximum absolute atomic E-state index is 10.8. The molecule has 2 nitrogen and oxygen atoms in total. The third kappa shape index (κ3) is 8.01. The predicted molar refractivity (Wildman–Crippen MR) is 154 cm³/mol. The topological polar surface area (TPSA) is 26.3 Å². The number of benzene rings is 2. The van der Waals surface area contributed by atoms with Gasteiger partial charge in [-0.1, -0.05) is 131 Å². The SMILES string of the molecule is C=C(/C=C(\C)[C@@H](C)CC=O)C[C@@H](C)C/C=C/CO[Si](c1ccccc1)(c1ccccc1)C(C)(C)C. The van der Waals surface area contributed by atoms with E-state index in [1.54, 1.807) is 0 Å². The van der Waals surface area contributed by atoms with Crippen LogP contribution in [0, 0.1) is 11.8 Å². The fourth-order valence-electron chi connectivity index (χ4n) is 4.72. The maximum Gasteiger partial charge on any atom is 0.261 e. The van der Waals surface area contributed by atoms with Crippen molar-refractivity contribution in [1.82, 2.24) is 0 Å². The number of carbonyl (C=O) groups is 1. The molecular weight excluding hydrogens is 444 g/mol. The van der Waals surface area contributed by atoms with Crippen LogP contribution in [0.4, 0.5) is 0 Å². The van der Waals surface area contributed by atoms with Crippen LogP contribution < -0.4 is 10.4 Å². The zero-order valence-electron chi connectivity index (χ0n) is 22.6. The third-order valence-electron chi connectivity index (χ3n) is 6.79. The summed E-state index contributed by atoms with van der Waals surface area (Å²) in [7, 11) is -2.49. The summed E-state index contributed by atoms with van der Waals surface area (Å²) in [4.78, 5) is 10.8. The molecule has 0 amide bonds. The molecule has 0 heterocycles. The zero-order chi connectivity index (χ0) is 25.9. The zero-order valence-corrected chi connectivity index (χ0v) is 23.6. The van der Waals surface area contributed by atoms with E-state index < -0.39 is 8.32 Å². The summed E-state index contributed by atoms with van der Waals surface area (Å²) in [6.45, 7) is 18.2. The predicted octanol–water partition coefficient (Wildman–Crippen LogP) is 7.26. The lowest BCUT2D eigenvalue weighted by molar-refractivity contribution is -0.108. The fraction of sp³-hybridized carbons (Fsp3) is 0.406. The molecule has 0 aliphatic carbocycles. The molecule has 2 aromatic carbocycles. The van der Waals surface area contributed by atoms with Gasteiger partial charge in [0, 0.05) is 6.42 Å². The molecule has 0 N–H and O–H groups in total. The maximum atomic E-state index is 10.8. The van der Waals surface area contributed by atoms with Crippen LogP contribution in [0.25, 0.3) is 0 Å². The van der Waals surface area contributed by atoms with Gasteiger partial charge in [-0.15, -0.1) is 0 Å². The lowest BCUT2D eigenvalue weighted by Crippen LogP contribution is -2.66. The summed E-state index contributed by atoms with van der Waals surface area (Å²) >= 11 is 0. The van der Waals surface area contributed by atoms with E-state index in [0.29, 0.717) is 18.9 Å². The Kier molecular flexibility index (Phi) is 11.1. The molecule has 0 spiro atoms. The summed E-state index contributed by atoms with van der Waals surface area (Å²) in [6, 6.07) is 21.5. The van der Waals surface area contributed by atoms with E-state index >= 15 is 0 Å². The minimum Gasteiger partial charge on any atom is -0.404 e. The summed E-state index contributed by atoms with van der Waals surface area (Å²) < 4.78 is 6.93. The molecule has 2 rings (SSSR count). The summed E-state index contributed by atoms with van der Waals surface area (Å²) in [5.41, 5.74) is 2.35. The molecule has 35 heavy (non-hydrogen) atoms. The quantitative estimate of drug-likeness (QED) is 0.128. The average Bonchev–Trinajstić information content (AvgIpc) is 2.81. The van der Waals surface area contributed by atoms with Gasteiger partial charge in [-0.2, -0.15) is 0 Å². The van der Waals surface area contributed by atoms with E-state index in [9.17, 15) is 4.79 Å². The Morgan fingerprint density at radius 3 is 1.97 bits per heavy atom. The van der Waals surface area contributed by atoms with Gasteiger partial charge in [0.25, 0.3) is 8.32 Å². The Hall–Kier alpha value is -2.49. The van der Waals surface area contributed by atoms with Gasteiger partial charge >= 0.3 is 0 Å². The van der Waals surface area contributed by atoms with E-state index in [0.717, 1.165) is 24.7 Å². The molecule has 0 saturated carbocycles. The Balaban J connectivity index is 2.08. The van der Waals surface area contributed by atoms with Crippen molar-refractivity contribution < 1.29 is 9.22 Å². The highest BCUT2D eigenvalue weighted by molar-refractivity contribution is 6.99. The van der Waals surface area contributed by atoms with Crippen molar-refractivity contribution >= 4 is 25.0 Å². The molecule has 0 bridgehead atoms. The standard InChI is InChI=1S/C32H44O2Si/c1-26(24-27(2)25-29(4)28(3)21-22-33)16-14-15-23-34-35(32(5,6)7,30-17-10-8-11-18-30)31-19-12-9-13-20-31/h8-15,17-20,22,25-26,28H,2,16,21,23-24H2,1,3-7H3/b15-14+,29-25+/t26-,28-/m0/s1. The fourth-order valence-corrected chi connectivity index (χ4v) is 9.22. The molecular formula is C32H44O2Si. The van der Waals surface area contributed by atoms with Crippen LogP contribution in [-0.2, 0) is 9.22 Å². The first-order valence-corrected chi connectivity index (χ1v) is 14.7. The molecule has 0 unspecified atom stereocenters. The van der Waals surface area contributed by atoms with Crippen LogP contribution in [0.2, 0.25) is 5.04 Å². The van der Waals surface area contributed by atoms with Crippen LogP contribution >= 0.6 is 0 Å². The summed E-state index contributed by atoms with van der Waals surface area (Å²) in [6.07, 6.45) is 10.1. The molecule has 0 radical (unpaired) electrons. The van der Waals surface area contributed by atoms with Crippen molar-refractivity contribution in [1.29, 1.82) is 0 Å². The van der Waals surface area contributed by atoms with Crippen molar-refractivity contribution in [2.45, 2.75) is 65.8 Å². The monoisotopic (exact) mass is 488 g/mol. The molecule has 3 heteroatoms. The Labute approximate surface area is 214 Å². The number of aldehydes is 1. The Morgan fingerprint density at radius 1 is 0.943 bits per heavy atom. The van der Waals surface area contributed by atoms with Gasteiger partial charge in [-0.25, -0.2) is 0 Å². The highest BCUT2D eigenvalue weighted by Crippen LogP contribution is 2.36. The molecule has 0 saturated heterocycles. The number of carbonyl (C=O) groups excluding carboxylic acids is 1. The minimum atomic E-state index is -2.49. The first-order valence-electron chi connectivity index (χ1n) is 12.8. The minimum absolute atomic E-state index is 0.0141. The van der Waals surface area contributed by atoms with Crippen molar-refractivity contribution in [2.24, 2.45) is 11.8 Å². The molecule has 188 valence electrons. The highest BCUT2D eigenvalue weighted by atomic mass is 28.4. The Bertz CT molecular complexity index is 944. The number of allylic oxidation sites excluding steroid dienone is 4. The van der Waals surface area contributed by atoms with Gasteiger partial charge < -0.3 is 9.22 Å². The number of hydrogen-bond donors (Lipinski definition) is 0. The van der Waals surface area contributed by atoms with E-state index in [1.165, 1.54) is 15.9 Å². The van der Waals surface area contributed by atoms with Crippen LogP contribution in [0.5, 0.6) is 0 Å². The van der Waals surface area contributed by atoms with Gasteiger partial charge in [0.1, 0.15) is 6.29 Å². The average molecular weight is 489 g/mol. The molecule has 0 aliphatic rings. The smallest absolute Gasteiger partial charge is 0.261 e. The summed E-state index contributed by atoms with van der Waals surface area (Å²) in [5, 5.41) is 2.60. The number of hydrogen-bond acceptors (Lipinski definition) is 2. The molecule has 0 aliphatic heterocycles. The van der Waals surface area contributed by atoms with Crippen molar-refractivity contribution in [3.8, 4) is 0 Å². The van der Waals surface area contributed by atoms with E-state index in [1.807, 2.05) is 0 Å². The first kappa shape index (κ1) is 28.7. The van der Waals surface area contributed by atoms with Crippen molar-refractivity contribution in [3.63, 3.8) is 0 Å². The van der Waals surface area contributed by atoms with Gasteiger partial charge in [0.05, 0.1) is 6.61 Å². The molecule has 2 atom stereocenters. The van der Waals surface area contributed by atoms with Gasteiger partial charge in [-0.3, -0.25) is 0 Å². The van der Waals surface area contributed by atoms with Gasteiger partial charge in [-0.05, 0) is 47.0 Å². The lowest BCUT2D eigenvalue weighted by atomic mass is 9.93. The van der Waals surface area contributed by atoms with Crippen molar-refractivity contribution in [2.75, 3.05) is 6.61 Å². The summed E-state index contributed by atoms with van der Waals surface area (Å²) in [5.74, 6) is 0.773. The van der Waals surface area contributed by atoms with Crippen LogP contribution in [0.1, 0.15) is 60.8 Å². The second-order valence-electron chi connectivity index (χ2n) is 10.8. The Morgan fingerprint density at radius 2 is 1.49 bits per heavy atom. The van der Waals surface area contributed by atoms with E-state index in [2.05, 4.69) is 127 Å². The van der Waals surface area contributed by atoms with Crippen LogP contribution in [0.15, 0.2) is 96.6 Å². The second-order valence-corrected chi connectivity index (χ2v) is 15.1. The third-order valence-corrected chi connectivity index (χ3v) is 11.8. The van der Waals surface area contributed by atoms with Crippen LogP contribution in [-0.4, -0.2) is 21.2 Å². The number of rotatable bonds is 13. The van der Waals surface area contributed by atoms with Crippen molar-refractivity contribution in [3.05, 3.63) is 96.6 Å². The van der Waals surface area contributed by atoms with Gasteiger partial charge in [0.15, 0.2) is 0 Å². The largest absolute Gasteiger partial charge is 0.404 e.